The first-order valence-corrected chi connectivity index (χ1v) is 8.25. The third-order valence-corrected chi connectivity index (χ3v) is 4.60. The average molecular weight is 347 g/mol. The van der Waals surface area contributed by atoms with Gasteiger partial charge in [-0.3, -0.25) is 9.59 Å². The highest BCUT2D eigenvalue weighted by Crippen LogP contribution is 2.38. The maximum Gasteiger partial charge on any atom is 0.254 e. The lowest BCUT2D eigenvalue weighted by Crippen LogP contribution is -2.34. The van der Waals surface area contributed by atoms with Crippen LogP contribution in [0.5, 0.6) is 0 Å². The van der Waals surface area contributed by atoms with Crippen molar-refractivity contribution >= 4 is 17.5 Å². The highest BCUT2D eigenvalue weighted by atomic mass is 35.5. The Morgan fingerprint density at radius 2 is 2.00 bits per heavy atom. The first-order valence-electron chi connectivity index (χ1n) is 7.87. The second kappa shape index (κ2) is 6.79. The molecule has 1 fully saturated rings. The van der Waals surface area contributed by atoms with Crippen LogP contribution >= 0.6 is 11.6 Å². The predicted molar refractivity (Wildman–Crippen MR) is 92.4 cm³/mol. The minimum absolute atomic E-state index is 0.220. The largest absolute Gasteiger partial charge is 0.394 e. The molecule has 126 valence electrons. The summed E-state index contributed by atoms with van der Waals surface area (Å²) < 4.78 is 0. The number of nitrogens with zero attached hydrogens (tertiary/aromatic N) is 1. The summed E-state index contributed by atoms with van der Waals surface area (Å²) in [5.74, 6) is 0.0534. The van der Waals surface area contributed by atoms with Crippen LogP contribution in [0.4, 0.5) is 0 Å². The van der Waals surface area contributed by atoms with Gasteiger partial charge < -0.3 is 15.0 Å². The second-order valence-corrected chi connectivity index (χ2v) is 6.57. The maximum atomic E-state index is 12.8. The number of likely N-dealkylation sites (N-methyl/N-ethyl adjacent to an activating group) is 1. The Hall–Kier alpha value is -2.11. The molecule has 3 rings (SSSR count). The van der Waals surface area contributed by atoms with Crippen LogP contribution in [-0.4, -0.2) is 34.6 Å². The lowest BCUT2D eigenvalue weighted by Gasteiger charge is -2.27. The monoisotopic (exact) mass is 346 g/mol. The number of carbonyl (C=O) groups is 1. The molecule has 1 aromatic carbocycles. The van der Waals surface area contributed by atoms with Gasteiger partial charge in [-0.25, -0.2) is 0 Å². The Balaban J connectivity index is 1.87. The van der Waals surface area contributed by atoms with Crippen molar-refractivity contribution in [3.05, 3.63) is 68.6 Å². The fourth-order valence-electron chi connectivity index (χ4n) is 2.78. The van der Waals surface area contributed by atoms with Crippen molar-refractivity contribution in [3.8, 4) is 0 Å². The summed E-state index contributed by atoms with van der Waals surface area (Å²) in [6.45, 7) is -0.220. The van der Waals surface area contributed by atoms with Gasteiger partial charge in [0.1, 0.15) is 0 Å². The van der Waals surface area contributed by atoms with Gasteiger partial charge in [0.05, 0.1) is 12.6 Å². The average Bonchev–Trinajstić information content (AvgIpc) is 3.41. The lowest BCUT2D eigenvalue weighted by atomic mass is 10.0. The highest BCUT2D eigenvalue weighted by molar-refractivity contribution is 6.30. The molecule has 2 N–H and O–H groups in total. The lowest BCUT2D eigenvalue weighted by molar-refractivity contribution is 0.0658. The van der Waals surface area contributed by atoms with E-state index in [9.17, 15) is 14.7 Å². The first kappa shape index (κ1) is 16.7. The first-order chi connectivity index (χ1) is 11.5. The molecule has 1 saturated carbocycles. The fraction of sp³-hybridized carbons (Fsp3) is 0.333. The number of halogens is 1. The molecule has 1 aromatic heterocycles. The Kier molecular flexibility index (Phi) is 4.73. The molecular weight excluding hydrogens is 328 g/mol. The fourth-order valence-corrected chi connectivity index (χ4v) is 2.91. The van der Waals surface area contributed by atoms with E-state index in [1.54, 1.807) is 37.4 Å². The van der Waals surface area contributed by atoms with Crippen molar-refractivity contribution < 1.29 is 9.90 Å². The van der Waals surface area contributed by atoms with Gasteiger partial charge in [-0.05, 0) is 42.5 Å². The zero-order valence-electron chi connectivity index (χ0n) is 13.3. The number of rotatable bonds is 5. The smallest absolute Gasteiger partial charge is 0.254 e. The number of nitrogens with one attached hydrogen (secondary N) is 1. The van der Waals surface area contributed by atoms with Gasteiger partial charge >= 0.3 is 0 Å². The van der Waals surface area contributed by atoms with E-state index in [0.717, 1.165) is 24.1 Å². The Morgan fingerprint density at radius 1 is 1.33 bits per heavy atom. The molecule has 0 saturated heterocycles. The Labute approximate surface area is 144 Å². The summed E-state index contributed by atoms with van der Waals surface area (Å²) in [7, 11) is 1.62. The molecule has 24 heavy (non-hydrogen) atoms. The van der Waals surface area contributed by atoms with E-state index in [4.69, 9.17) is 11.6 Å². The number of aliphatic hydroxyl groups is 1. The van der Waals surface area contributed by atoms with Crippen LogP contribution in [0.15, 0.2) is 41.2 Å². The minimum atomic E-state index is -0.501. The van der Waals surface area contributed by atoms with Gasteiger partial charge in [0.15, 0.2) is 0 Å². The predicted octanol–water partition coefficient (Wildman–Crippen LogP) is 2.71. The molecule has 5 nitrogen and oxygen atoms in total. The molecule has 1 atom stereocenters. The number of hydrogen-bond donors (Lipinski definition) is 2. The van der Waals surface area contributed by atoms with Crippen LogP contribution in [0, 0.1) is 0 Å². The van der Waals surface area contributed by atoms with E-state index in [0.29, 0.717) is 16.5 Å². The molecule has 1 heterocycles. The van der Waals surface area contributed by atoms with E-state index in [-0.39, 0.29) is 18.1 Å². The summed E-state index contributed by atoms with van der Waals surface area (Å²) in [6, 6.07) is 9.54. The topological polar surface area (TPSA) is 73.4 Å². The van der Waals surface area contributed by atoms with Gasteiger partial charge in [-0.15, -0.1) is 0 Å². The quantitative estimate of drug-likeness (QED) is 0.874. The van der Waals surface area contributed by atoms with E-state index < -0.39 is 6.04 Å². The van der Waals surface area contributed by atoms with Crippen LogP contribution in [0.2, 0.25) is 5.02 Å². The van der Waals surface area contributed by atoms with Crippen LogP contribution in [0.3, 0.4) is 0 Å². The summed E-state index contributed by atoms with van der Waals surface area (Å²) in [4.78, 5) is 28.8. The molecule has 1 unspecified atom stereocenters. The van der Waals surface area contributed by atoms with Crippen LogP contribution < -0.4 is 5.56 Å². The molecule has 2 aromatic rings. The molecular formula is C18H19ClN2O3. The van der Waals surface area contributed by atoms with Crippen molar-refractivity contribution in [1.29, 1.82) is 0 Å². The standard InChI is InChI=1S/C18H19ClN2O3/c1-21(16(10-22)12-4-6-14(19)7-5-12)18(24)13-8-15(11-2-3-11)20-17(23)9-13/h4-9,11,16,22H,2-3,10H2,1H3,(H,20,23). The Bertz CT molecular complexity index is 797. The summed E-state index contributed by atoms with van der Waals surface area (Å²) in [5.41, 5.74) is 1.66. The van der Waals surface area contributed by atoms with Gasteiger partial charge in [0.2, 0.25) is 5.56 Å². The van der Waals surface area contributed by atoms with Crippen LogP contribution in [0.25, 0.3) is 0 Å². The van der Waals surface area contributed by atoms with E-state index >= 15 is 0 Å². The second-order valence-electron chi connectivity index (χ2n) is 6.13. The van der Waals surface area contributed by atoms with Crippen molar-refractivity contribution in [2.75, 3.05) is 13.7 Å². The highest BCUT2D eigenvalue weighted by Gasteiger charge is 2.27. The number of aromatic amines is 1. The van der Waals surface area contributed by atoms with Crippen LogP contribution in [0.1, 0.15) is 46.4 Å². The number of benzene rings is 1. The SMILES string of the molecule is CN(C(=O)c1cc(C2CC2)[nH]c(=O)c1)C(CO)c1ccc(Cl)cc1. The summed E-state index contributed by atoms with van der Waals surface area (Å²) >= 11 is 5.89. The number of carbonyl (C=O) groups excluding carboxylic acids is 1. The summed E-state index contributed by atoms with van der Waals surface area (Å²) in [5, 5.41) is 10.3. The summed E-state index contributed by atoms with van der Waals surface area (Å²) in [6.07, 6.45) is 2.07. The molecule has 0 spiro atoms. The number of pyridine rings is 1. The number of amides is 1. The molecule has 1 aliphatic rings. The number of aliphatic hydroxyl groups excluding tert-OH is 1. The Morgan fingerprint density at radius 3 is 2.58 bits per heavy atom. The molecule has 6 heteroatoms. The molecule has 0 bridgehead atoms. The van der Waals surface area contributed by atoms with E-state index in [1.165, 1.54) is 11.0 Å². The van der Waals surface area contributed by atoms with Crippen molar-refractivity contribution in [2.24, 2.45) is 0 Å². The maximum absolute atomic E-state index is 12.8. The molecule has 1 aliphatic carbocycles. The number of hydrogen-bond acceptors (Lipinski definition) is 3. The van der Waals surface area contributed by atoms with Crippen molar-refractivity contribution in [1.82, 2.24) is 9.88 Å². The van der Waals surface area contributed by atoms with Crippen molar-refractivity contribution in [2.45, 2.75) is 24.8 Å². The normalized spacial score (nSPS) is 15.1. The zero-order chi connectivity index (χ0) is 17.3. The molecule has 0 radical (unpaired) electrons. The van der Waals surface area contributed by atoms with Crippen LogP contribution in [-0.2, 0) is 0 Å². The molecule has 1 amide bonds. The van der Waals surface area contributed by atoms with Gasteiger partial charge in [0, 0.05) is 29.4 Å². The zero-order valence-corrected chi connectivity index (χ0v) is 14.1. The van der Waals surface area contributed by atoms with E-state index in [1.807, 2.05) is 0 Å². The number of H-pyrrole nitrogens is 1. The van der Waals surface area contributed by atoms with Gasteiger partial charge in [0.25, 0.3) is 5.91 Å². The molecule has 0 aliphatic heterocycles. The van der Waals surface area contributed by atoms with Gasteiger partial charge in [-0.1, -0.05) is 23.7 Å². The van der Waals surface area contributed by atoms with E-state index in [2.05, 4.69) is 4.98 Å². The van der Waals surface area contributed by atoms with Crippen molar-refractivity contribution in [3.63, 3.8) is 0 Å². The third-order valence-electron chi connectivity index (χ3n) is 4.34. The number of aromatic nitrogens is 1. The third kappa shape index (κ3) is 3.52. The minimum Gasteiger partial charge on any atom is -0.394 e. The van der Waals surface area contributed by atoms with Gasteiger partial charge in [-0.2, -0.15) is 0 Å².